The van der Waals surface area contributed by atoms with Crippen molar-refractivity contribution in [2.24, 2.45) is 11.8 Å². The smallest absolute Gasteiger partial charge is 0.287 e. The number of nitrogens with zero attached hydrogens (tertiary/aromatic N) is 2. The van der Waals surface area contributed by atoms with Crippen LogP contribution in [0.1, 0.15) is 42.7 Å². The quantitative estimate of drug-likeness (QED) is 0.462. The van der Waals surface area contributed by atoms with Crippen molar-refractivity contribution in [2.75, 3.05) is 6.54 Å². The summed E-state index contributed by atoms with van der Waals surface area (Å²) >= 11 is 12.1. The molecule has 9 nitrogen and oxygen atoms in total. The van der Waals surface area contributed by atoms with Gasteiger partial charge in [-0.2, -0.15) is 5.26 Å². The first-order valence-electron chi connectivity index (χ1n) is 10.5. The van der Waals surface area contributed by atoms with Crippen molar-refractivity contribution in [1.29, 1.82) is 5.26 Å². The van der Waals surface area contributed by atoms with E-state index in [0.717, 1.165) is 12.8 Å². The molecule has 11 heteroatoms. The Morgan fingerprint density at radius 1 is 1.22 bits per heavy atom. The SMILES string of the molecule is N#C[C@H](CC1CCNC1=O)NC(=O)[C@H](CC1CC1)NC(=O)c1nc2c(Cl)cc(Cl)cc2[nH]1. The Bertz CT molecular complexity index is 1110. The van der Waals surface area contributed by atoms with Crippen molar-refractivity contribution in [2.45, 2.75) is 44.2 Å². The summed E-state index contributed by atoms with van der Waals surface area (Å²) in [6, 6.07) is 3.55. The molecule has 1 saturated heterocycles. The summed E-state index contributed by atoms with van der Waals surface area (Å²) in [5.74, 6) is -1.06. The Hall–Kier alpha value is -2.83. The third kappa shape index (κ3) is 5.14. The van der Waals surface area contributed by atoms with E-state index in [2.05, 4.69) is 25.9 Å². The summed E-state index contributed by atoms with van der Waals surface area (Å²) in [5, 5.41) is 18.3. The number of hydrogen-bond acceptors (Lipinski definition) is 5. The van der Waals surface area contributed by atoms with Gasteiger partial charge in [-0.3, -0.25) is 14.4 Å². The van der Waals surface area contributed by atoms with Crippen molar-refractivity contribution in [3.8, 4) is 6.07 Å². The maximum absolute atomic E-state index is 12.9. The molecule has 1 saturated carbocycles. The number of halogens is 2. The highest BCUT2D eigenvalue weighted by Gasteiger charge is 2.33. The van der Waals surface area contributed by atoms with Crippen molar-refractivity contribution < 1.29 is 14.4 Å². The van der Waals surface area contributed by atoms with E-state index in [9.17, 15) is 19.6 Å². The molecule has 1 aliphatic carbocycles. The molecule has 1 aromatic heterocycles. The number of aromatic amines is 1. The number of carbonyl (C=O) groups excluding carboxylic acids is 3. The molecule has 32 heavy (non-hydrogen) atoms. The van der Waals surface area contributed by atoms with Crippen molar-refractivity contribution >= 4 is 52.0 Å². The Morgan fingerprint density at radius 3 is 2.66 bits per heavy atom. The highest BCUT2D eigenvalue weighted by Crippen LogP contribution is 2.34. The van der Waals surface area contributed by atoms with Crippen LogP contribution >= 0.6 is 23.2 Å². The molecule has 3 atom stereocenters. The predicted octanol–water partition coefficient (Wildman–Crippen LogP) is 2.30. The highest BCUT2D eigenvalue weighted by atomic mass is 35.5. The van der Waals surface area contributed by atoms with Crippen LogP contribution in [0.5, 0.6) is 0 Å². The lowest BCUT2D eigenvalue weighted by Gasteiger charge is -2.21. The van der Waals surface area contributed by atoms with Gasteiger partial charge in [-0.15, -0.1) is 0 Å². The molecular formula is C21H22Cl2N6O3. The molecule has 0 spiro atoms. The summed E-state index contributed by atoms with van der Waals surface area (Å²) in [6.07, 6.45) is 3.31. The number of aromatic nitrogens is 2. The van der Waals surface area contributed by atoms with Gasteiger partial charge >= 0.3 is 0 Å². The van der Waals surface area contributed by atoms with Gasteiger partial charge in [-0.25, -0.2) is 4.98 Å². The van der Waals surface area contributed by atoms with Crippen LogP contribution in [-0.4, -0.2) is 46.3 Å². The maximum atomic E-state index is 12.9. The Morgan fingerprint density at radius 2 is 2.00 bits per heavy atom. The average Bonchev–Trinajstić information content (AvgIpc) is 3.31. The first-order valence-corrected chi connectivity index (χ1v) is 11.2. The van der Waals surface area contributed by atoms with E-state index in [4.69, 9.17) is 23.2 Å². The lowest BCUT2D eigenvalue weighted by atomic mass is 9.98. The fraction of sp³-hybridized carbons (Fsp3) is 0.476. The van der Waals surface area contributed by atoms with Gasteiger partial charge < -0.3 is 20.9 Å². The lowest BCUT2D eigenvalue weighted by Crippen LogP contribution is -2.50. The van der Waals surface area contributed by atoms with Crippen molar-refractivity contribution in [3.05, 3.63) is 28.0 Å². The van der Waals surface area contributed by atoms with Gasteiger partial charge in [0.05, 0.1) is 16.6 Å². The second-order valence-electron chi connectivity index (χ2n) is 8.28. The number of benzene rings is 1. The summed E-state index contributed by atoms with van der Waals surface area (Å²) in [6.45, 7) is 0.572. The third-order valence-corrected chi connectivity index (χ3v) is 6.27. The number of rotatable bonds is 8. The largest absolute Gasteiger partial charge is 0.356 e. The second-order valence-corrected chi connectivity index (χ2v) is 9.12. The molecular weight excluding hydrogens is 455 g/mol. The maximum Gasteiger partial charge on any atom is 0.287 e. The van der Waals surface area contributed by atoms with E-state index >= 15 is 0 Å². The van der Waals surface area contributed by atoms with E-state index < -0.39 is 23.9 Å². The van der Waals surface area contributed by atoms with Gasteiger partial charge in [0.25, 0.3) is 5.91 Å². The first-order chi connectivity index (χ1) is 15.3. The molecule has 3 amide bonds. The van der Waals surface area contributed by atoms with Crippen molar-refractivity contribution in [1.82, 2.24) is 25.9 Å². The number of hydrogen-bond donors (Lipinski definition) is 4. The zero-order valence-corrected chi connectivity index (χ0v) is 18.6. The molecule has 4 N–H and O–H groups in total. The van der Waals surface area contributed by atoms with Gasteiger partial charge in [-0.05, 0) is 37.3 Å². The van der Waals surface area contributed by atoms with Crippen LogP contribution in [-0.2, 0) is 9.59 Å². The molecule has 1 aliphatic heterocycles. The summed E-state index contributed by atoms with van der Waals surface area (Å²) in [5.41, 5.74) is 0.916. The molecule has 0 bridgehead atoms. The van der Waals surface area contributed by atoms with Gasteiger partial charge in [0.2, 0.25) is 11.8 Å². The highest BCUT2D eigenvalue weighted by molar-refractivity contribution is 6.38. The predicted molar refractivity (Wildman–Crippen MR) is 118 cm³/mol. The molecule has 1 unspecified atom stereocenters. The minimum atomic E-state index is -0.824. The molecule has 0 radical (unpaired) electrons. The number of carbonyl (C=O) groups is 3. The fourth-order valence-electron chi connectivity index (χ4n) is 3.87. The number of amides is 3. The van der Waals surface area contributed by atoms with E-state index in [-0.39, 0.29) is 24.1 Å². The van der Waals surface area contributed by atoms with E-state index in [1.54, 1.807) is 6.07 Å². The topological polar surface area (TPSA) is 140 Å². The Balaban J connectivity index is 1.45. The van der Waals surface area contributed by atoms with Crippen LogP contribution < -0.4 is 16.0 Å². The van der Waals surface area contributed by atoms with Crippen molar-refractivity contribution in [3.63, 3.8) is 0 Å². The van der Waals surface area contributed by atoms with Crippen LogP contribution in [0.15, 0.2) is 12.1 Å². The van der Waals surface area contributed by atoms with Crippen LogP contribution in [0.4, 0.5) is 0 Å². The summed E-state index contributed by atoms with van der Waals surface area (Å²) in [4.78, 5) is 44.7. The van der Waals surface area contributed by atoms with E-state index in [1.165, 1.54) is 6.07 Å². The van der Waals surface area contributed by atoms with Crippen LogP contribution in [0, 0.1) is 23.2 Å². The average molecular weight is 477 g/mol. The minimum absolute atomic E-state index is 0.0113. The lowest BCUT2D eigenvalue weighted by molar-refractivity contribution is -0.125. The second kappa shape index (κ2) is 9.35. The zero-order valence-electron chi connectivity index (χ0n) is 17.1. The number of nitrogens with one attached hydrogen (secondary N) is 4. The number of nitriles is 1. The van der Waals surface area contributed by atoms with Gasteiger partial charge in [0.1, 0.15) is 17.6 Å². The number of imidazole rings is 1. The number of H-pyrrole nitrogens is 1. The molecule has 1 aromatic carbocycles. The molecule has 4 rings (SSSR count). The third-order valence-electron chi connectivity index (χ3n) is 5.76. The van der Waals surface area contributed by atoms with E-state index in [1.807, 2.05) is 6.07 Å². The fourth-order valence-corrected chi connectivity index (χ4v) is 4.40. The number of fused-ring (bicyclic) bond motifs is 1. The standard InChI is InChI=1S/C21H22Cl2N6O3/c22-12-7-14(23)17-15(8-12)27-18(29-17)21(32)28-16(5-10-1-2-10)20(31)26-13(9-24)6-11-3-4-25-19(11)30/h7-8,10-11,13,16H,1-6H2,(H,25,30)(H,26,31)(H,27,29)(H,28,32)/t11?,13-,16-/m0/s1. The first kappa shape index (κ1) is 22.4. The monoisotopic (exact) mass is 476 g/mol. The molecule has 168 valence electrons. The molecule has 2 aliphatic rings. The van der Waals surface area contributed by atoms with Crippen LogP contribution in [0.25, 0.3) is 11.0 Å². The van der Waals surface area contributed by atoms with Gasteiger partial charge in [0, 0.05) is 17.5 Å². The molecule has 2 heterocycles. The minimum Gasteiger partial charge on any atom is -0.356 e. The Kier molecular flexibility index (Phi) is 6.53. The van der Waals surface area contributed by atoms with Gasteiger partial charge in [0.15, 0.2) is 5.82 Å². The molecule has 2 fully saturated rings. The Labute approximate surface area is 194 Å². The summed E-state index contributed by atoms with van der Waals surface area (Å²) < 4.78 is 0. The van der Waals surface area contributed by atoms with Crippen LogP contribution in [0.2, 0.25) is 10.0 Å². The van der Waals surface area contributed by atoms with Crippen LogP contribution in [0.3, 0.4) is 0 Å². The normalized spacial score (nSPS) is 19.8. The summed E-state index contributed by atoms with van der Waals surface area (Å²) in [7, 11) is 0. The van der Waals surface area contributed by atoms with Gasteiger partial charge in [-0.1, -0.05) is 36.0 Å². The zero-order chi connectivity index (χ0) is 22.8. The molecule has 2 aromatic rings. The van der Waals surface area contributed by atoms with E-state index in [0.29, 0.717) is 46.4 Å².